The van der Waals surface area contributed by atoms with E-state index in [9.17, 15) is 13.0 Å². The maximum absolute atomic E-state index is 11.8. The maximum Gasteiger partial charge on any atom is 0.298 e. The second kappa shape index (κ2) is 9.04. The van der Waals surface area contributed by atoms with Crippen molar-refractivity contribution < 1.29 is 17.7 Å². The van der Waals surface area contributed by atoms with Gasteiger partial charge in [-0.2, -0.15) is 8.42 Å². The van der Waals surface area contributed by atoms with Crippen LogP contribution in [0.3, 0.4) is 0 Å². The lowest BCUT2D eigenvalue weighted by atomic mass is 10.1. The van der Waals surface area contributed by atoms with Gasteiger partial charge in [0.2, 0.25) is 0 Å². The fraction of sp³-hybridized carbons (Fsp3) is 0.474. The van der Waals surface area contributed by atoms with Gasteiger partial charge in [0.05, 0.1) is 6.61 Å². The van der Waals surface area contributed by atoms with Crippen molar-refractivity contribution >= 4 is 20.9 Å². The first kappa shape index (κ1) is 18.7. The first-order valence-electron chi connectivity index (χ1n) is 8.66. The van der Waals surface area contributed by atoms with E-state index in [-0.39, 0.29) is 10.6 Å². The molecule has 0 amide bonds. The first-order valence-corrected chi connectivity index (χ1v) is 10.1. The molecule has 4 nitrogen and oxygen atoms in total. The van der Waals surface area contributed by atoms with E-state index >= 15 is 0 Å². The average Bonchev–Trinajstić information content (AvgIpc) is 2.55. The molecule has 0 heterocycles. The molecule has 0 unspecified atom stereocenters. The van der Waals surface area contributed by atoms with Gasteiger partial charge in [-0.15, -0.1) is 0 Å². The largest absolute Gasteiger partial charge is 0.492 e. The minimum absolute atomic E-state index is 0.136. The molecule has 2 aromatic rings. The first-order chi connectivity index (χ1) is 11.5. The number of ether oxygens (including phenoxy) is 1. The van der Waals surface area contributed by atoms with E-state index in [2.05, 4.69) is 6.92 Å². The Balaban J connectivity index is 1.99. The summed E-state index contributed by atoms with van der Waals surface area (Å²) < 4.78 is 38.8. The van der Waals surface area contributed by atoms with E-state index in [1.54, 1.807) is 18.2 Å². The molecule has 0 aliphatic rings. The van der Waals surface area contributed by atoms with Gasteiger partial charge in [0.15, 0.2) is 0 Å². The average molecular weight is 350 g/mol. The summed E-state index contributed by atoms with van der Waals surface area (Å²) in [5.74, 6) is 0.224. The molecule has 2 aromatic carbocycles. The van der Waals surface area contributed by atoms with E-state index < -0.39 is 10.1 Å². The van der Waals surface area contributed by atoms with Crippen molar-refractivity contribution in [3.63, 3.8) is 0 Å². The van der Waals surface area contributed by atoms with E-state index in [1.165, 1.54) is 32.1 Å². The highest BCUT2D eigenvalue weighted by molar-refractivity contribution is 7.86. The Morgan fingerprint density at radius 2 is 1.58 bits per heavy atom. The summed E-state index contributed by atoms with van der Waals surface area (Å²) in [6.45, 7) is 2.65. The van der Waals surface area contributed by atoms with Gasteiger partial charge >= 0.3 is 0 Å². The monoisotopic (exact) mass is 350 g/mol. The van der Waals surface area contributed by atoms with Crippen LogP contribution in [0, 0.1) is 0 Å². The van der Waals surface area contributed by atoms with Gasteiger partial charge in [0.25, 0.3) is 10.1 Å². The third-order valence-electron chi connectivity index (χ3n) is 4.11. The predicted octanol–water partition coefficient (Wildman–Crippen LogP) is 5.22. The molecule has 0 spiro atoms. The highest BCUT2D eigenvalue weighted by atomic mass is 32.2. The van der Waals surface area contributed by atoms with E-state index in [0.717, 1.165) is 18.2 Å². The van der Waals surface area contributed by atoms with Gasteiger partial charge in [0, 0.05) is 5.39 Å². The van der Waals surface area contributed by atoms with Gasteiger partial charge in [0.1, 0.15) is 10.6 Å². The van der Waals surface area contributed by atoms with Gasteiger partial charge < -0.3 is 4.74 Å². The van der Waals surface area contributed by atoms with Gasteiger partial charge in [-0.3, -0.25) is 4.55 Å². The van der Waals surface area contributed by atoms with E-state index in [4.69, 9.17) is 4.74 Å². The highest BCUT2D eigenvalue weighted by Crippen LogP contribution is 2.32. The summed E-state index contributed by atoms with van der Waals surface area (Å²) in [7, 11) is -4.34. The van der Waals surface area contributed by atoms with Gasteiger partial charge in [-0.1, -0.05) is 75.8 Å². The van der Waals surface area contributed by atoms with Crippen LogP contribution in [0.15, 0.2) is 41.3 Å². The SMILES string of the molecule is CCCCCCCCCOc1ccc2ccccc2c1S(=O)(=O)O. The minimum Gasteiger partial charge on any atom is -0.492 e. The molecule has 0 radical (unpaired) electrons. The predicted molar refractivity (Wildman–Crippen MR) is 97.3 cm³/mol. The zero-order chi connectivity index (χ0) is 17.4. The molecule has 0 bridgehead atoms. The number of fused-ring (bicyclic) bond motifs is 1. The standard InChI is InChI=1S/C19H26O4S/c1-2-3-4-5-6-7-10-15-23-18-14-13-16-11-8-9-12-17(16)19(18)24(20,21)22/h8-9,11-14H,2-7,10,15H2,1H3,(H,20,21,22). The second-order valence-electron chi connectivity index (χ2n) is 6.06. The summed E-state index contributed by atoms with van der Waals surface area (Å²) >= 11 is 0. The van der Waals surface area contributed by atoms with Crippen LogP contribution in [0.5, 0.6) is 5.75 Å². The van der Waals surface area contributed by atoms with E-state index in [1.807, 2.05) is 18.2 Å². The van der Waals surface area contributed by atoms with Crippen molar-refractivity contribution in [2.45, 2.75) is 56.8 Å². The maximum atomic E-state index is 11.8. The molecule has 0 fully saturated rings. The second-order valence-corrected chi connectivity index (χ2v) is 7.42. The fourth-order valence-corrected chi connectivity index (χ4v) is 3.69. The van der Waals surface area contributed by atoms with Gasteiger partial charge in [-0.25, -0.2) is 0 Å². The third-order valence-corrected chi connectivity index (χ3v) is 5.04. The normalized spacial score (nSPS) is 11.8. The molecule has 2 rings (SSSR count). The summed E-state index contributed by atoms with van der Waals surface area (Å²) in [6.07, 6.45) is 8.15. The zero-order valence-corrected chi connectivity index (χ0v) is 15.0. The smallest absolute Gasteiger partial charge is 0.298 e. The van der Waals surface area contributed by atoms with Crippen LogP contribution >= 0.6 is 0 Å². The Bertz CT molecular complexity index is 753. The molecule has 0 saturated carbocycles. The van der Waals surface area contributed by atoms with Crippen LogP contribution in [-0.4, -0.2) is 19.6 Å². The zero-order valence-electron chi connectivity index (χ0n) is 14.2. The molecule has 5 heteroatoms. The van der Waals surface area contributed by atoms with Crippen molar-refractivity contribution in [1.29, 1.82) is 0 Å². The topological polar surface area (TPSA) is 63.6 Å². The summed E-state index contributed by atoms with van der Waals surface area (Å²) in [6, 6.07) is 10.5. The number of rotatable bonds is 10. The number of benzene rings is 2. The Kier molecular flexibility index (Phi) is 7.06. The molecular weight excluding hydrogens is 324 g/mol. The summed E-state index contributed by atoms with van der Waals surface area (Å²) in [5, 5.41) is 1.24. The summed E-state index contributed by atoms with van der Waals surface area (Å²) in [4.78, 5) is -0.136. The van der Waals surface area contributed by atoms with Crippen molar-refractivity contribution in [1.82, 2.24) is 0 Å². The third kappa shape index (κ3) is 5.21. The number of hydrogen-bond donors (Lipinski definition) is 1. The van der Waals surface area contributed by atoms with E-state index in [0.29, 0.717) is 12.0 Å². The van der Waals surface area contributed by atoms with Crippen molar-refractivity contribution in [2.75, 3.05) is 6.61 Å². The summed E-state index contributed by atoms with van der Waals surface area (Å²) in [5.41, 5.74) is 0. The molecule has 24 heavy (non-hydrogen) atoms. The van der Waals surface area contributed by atoms with Crippen LogP contribution < -0.4 is 4.74 Å². The number of unbranched alkanes of at least 4 members (excludes halogenated alkanes) is 6. The lowest BCUT2D eigenvalue weighted by molar-refractivity contribution is 0.296. The van der Waals surface area contributed by atoms with Crippen LogP contribution in [0.1, 0.15) is 51.9 Å². The fourth-order valence-electron chi connectivity index (χ4n) is 2.84. The molecule has 132 valence electrons. The molecule has 1 N–H and O–H groups in total. The Morgan fingerprint density at radius 3 is 2.29 bits per heavy atom. The lowest BCUT2D eigenvalue weighted by Gasteiger charge is -2.12. The minimum atomic E-state index is -4.34. The molecule has 0 atom stereocenters. The van der Waals surface area contributed by atoms with Crippen molar-refractivity contribution in [3.05, 3.63) is 36.4 Å². The van der Waals surface area contributed by atoms with Crippen LogP contribution in [0.25, 0.3) is 10.8 Å². The molecule has 0 aliphatic carbocycles. The number of hydrogen-bond acceptors (Lipinski definition) is 3. The van der Waals surface area contributed by atoms with Crippen molar-refractivity contribution in [2.24, 2.45) is 0 Å². The van der Waals surface area contributed by atoms with Gasteiger partial charge in [-0.05, 0) is 17.9 Å². The quantitative estimate of drug-likeness (QED) is 0.471. The van der Waals surface area contributed by atoms with Crippen LogP contribution in [-0.2, 0) is 10.1 Å². The molecular formula is C19H26O4S. The van der Waals surface area contributed by atoms with Crippen LogP contribution in [0.4, 0.5) is 0 Å². The molecule has 0 aliphatic heterocycles. The molecule has 0 saturated heterocycles. The van der Waals surface area contributed by atoms with Crippen molar-refractivity contribution in [3.8, 4) is 5.75 Å². The Hall–Kier alpha value is -1.59. The van der Waals surface area contributed by atoms with Crippen LogP contribution in [0.2, 0.25) is 0 Å². The lowest BCUT2D eigenvalue weighted by Crippen LogP contribution is -2.06. The Labute approximate surface area is 144 Å². The highest BCUT2D eigenvalue weighted by Gasteiger charge is 2.20. The Morgan fingerprint density at radius 1 is 0.917 bits per heavy atom. The molecule has 0 aromatic heterocycles.